The van der Waals surface area contributed by atoms with Gasteiger partial charge >= 0.3 is 0 Å². The van der Waals surface area contributed by atoms with Crippen molar-refractivity contribution in [3.63, 3.8) is 0 Å². The highest BCUT2D eigenvalue weighted by Gasteiger charge is 2.22. The van der Waals surface area contributed by atoms with Crippen LogP contribution in [0.25, 0.3) is 0 Å². The third-order valence-electron chi connectivity index (χ3n) is 4.32. The zero-order chi connectivity index (χ0) is 20.1. The Balaban J connectivity index is 1.71. The molecule has 6 nitrogen and oxygen atoms in total. The Morgan fingerprint density at radius 3 is 2.71 bits per heavy atom. The van der Waals surface area contributed by atoms with Gasteiger partial charge in [-0.3, -0.25) is 4.79 Å². The molecule has 1 atom stereocenters. The van der Waals surface area contributed by atoms with Crippen molar-refractivity contribution >= 4 is 5.91 Å². The number of aromatic nitrogens is 1. The molecule has 28 heavy (non-hydrogen) atoms. The monoisotopic (exact) mass is 384 g/mol. The average Bonchev–Trinajstić information content (AvgIpc) is 3.07. The Morgan fingerprint density at radius 2 is 1.96 bits per heavy atom. The van der Waals surface area contributed by atoms with Gasteiger partial charge in [-0.05, 0) is 43.7 Å². The van der Waals surface area contributed by atoms with E-state index < -0.39 is 5.82 Å². The van der Waals surface area contributed by atoms with Crippen molar-refractivity contribution in [2.45, 2.75) is 26.5 Å². The van der Waals surface area contributed by atoms with Gasteiger partial charge in [-0.25, -0.2) is 4.39 Å². The zero-order valence-electron chi connectivity index (χ0n) is 15.9. The summed E-state index contributed by atoms with van der Waals surface area (Å²) in [5, 5.41) is 6.75. The minimum absolute atomic E-state index is 0.0368. The second kappa shape index (κ2) is 8.56. The van der Waals surface area contributed by atoms with E-state index in [0.29, 0.717) is 22.8 Å². The first-order valence-corrected chi connectivity index (χ1v) is 8.76. The molecule has 7 heteroatoms. The Bertz CT molecular complexity index is 971. The van der Waals surface area contributed by atoms with Crippen LogP contribution in [-0.4, -0.2) is 18.2 Å². The van der Waals surface area contributed by atoms with Gasteiger partial charge in [-0.1, -0.05) is 23.4 Å². The standard InChI is InChI=1S/C21H21FN2O4/c1-13(15-6-4-8-17(10-15)26-3)23-21(25)20-19(14(2)28-24-20)12-27-18-9-5-7-16(22)11-18/h4-11,13H,12H2,1-3H3,(H,23,25). The topological polar surface area (TPSA) is 73.6 Å². The van der Waals surface area contributed by atoms with Crippen LogP contribution >= 0.6 is 0 Å². The van der Waals surface area contributed by atoms with Gasteiger partial charge in [-0.15, -0.1) is 0 Å². The number of amides is 1. The van der Waals surface area contributed by atoms with Gasteiger partial charge in [0.15, 0.2) is 5.69 Å². The van der Waals surface area contributed by atoms with Crippen molar-refractivity contribution < 1.29 is 23.2 Å². The number of aryl methyl sites for hydroxylation is 1. The first-order chi connectivity index (χ1) is 13.5. The fourth-order valence-electron chi connectivity index (χ4n) is 2.71. The van der Waals surface area contributed by atoms with E-state index in [1.54, 1.807) is 26.2 Å². The molecule has 0 bridgehead atoms. The van der Waals surface area contributed by atoms with E-state index in [1.807, 2.05) is 31.2 Å². The molecule has 146 valence electrons. The summed E-state index contributed by atoms with van der Waals surface area (Å²) in [4.78, 5) is 12.7. The SMILES string of the molecule is COc1cccc(C(C)NC(=O)c2noc(C)c2COc2cccc(F)c2)c1. The van der Waals surface area contributed by atoms with Crippen molar-refractivity contribution in [3.8, 4) is 11.5 Å². The molecule has 0 saturated carbocycles. The molecule has 3 aromatic rings. The molecule has 0 aliphatic rings. The first kappa shape index (κ1) is 19.4. The maximum atomic E-state index is 13.3. The van der Waals surface area contributed by atoms with E-state index >= 15 is 0 Å². The van der Waals surface area contributed by atoms with E-state index in [0.717, 1.165) is 5.56 Å². The van der Waals surface area contributed by atoms with Crippen LogP contribution in [0.3, 0.4) is 0 Å². The second-order valence-electron chi connectivity index (χ2n) is 6.28. The predicted molar refractivity (Wildman–Crippen MR) is 101 cm³/mol. The molecular formula is C21H21FN2O4. The number of halogens is 1. The number of carbonyl (C=O) groups excluding carboxylic acids is 1. The number of hydrogen-bond acceptors (Lipinski definition) is 5. The highest BCUT2D eigenvalue weighted by Crippen LogP contribution is 2.21. The van der Waals surface area contributed by atoms with Crippen LogP contribution in [0, 0.1) is 12.7 Å². The Morgan fingerprint density at radius 1 is 1.21 bits per heavy atom. The molecule has 1 N–H and O–H groups in total. The molecule has 1 amide bonds. The van der Waals surface area contributed by atoms with E-state index in [1.165, 1.54) is 12.1 Å². The van der Waals surface area contributed by atoms with Crippen LogP contribution in [-0.2, 0) is 6.61 Å². The maximum Gasteiger partial charge on any atom is 0.274 e. The van der Waals surface area contributed by atoms with Crippen LogP contribution in [0.4, 0.5) is 4.39 Å². The third-order valence-corrected chi connectivity index (χ3v) is 4.32. The summed E-state index contributed by atoms with van der Waals surface area (Å²) in [5.41, 5.74) is 1.55. The molecule has 1 heterocycles. The number of methoxy groups -OCH3 is 1. The lowest BCUT2D eigenvalue weighted by Crippen LogP contribution is -2.28. The van der Waals surface area contributed by atoms with Crippen LogP contribution in [0.5, 0.6) is 11.5 Å². The van der Waals surface area contributed by atoms with Gasteiger partial charge in [-0.2, -0.15) is 0 Å². The second-order valence-corrected chi connectivity index (χ2v) is 6.28. The van der Waals surface area contributed by atoms with Crippen molar-refractivity contribution in [1.29, 1.82) is 0 Å². The van der Waals surface area contributed by atoms with E-state index in [9.17, 15) is 9.18 Å². The molecule has 3 rings (SSSR count). The molecule has 0 radical (unpaired) electrons. The number of carbonyl (C=O) groups is 1. The minimum Gasteiger partial charge on any atom is -0.497 e. The van der Waals surface area contributed by atoms with E-state index in [4.69, 9.17) is 14.0 Å². The smallest absolute Gasteiger partial charge is 0.274 e. The molecular weight excluding hydrogens is 363 g/mol. The summed E-state index contributed by atoms with van der Waals surface area (Å²) in [7, 11) is 1.59. The van der Waals surface area contributed by atoms with Crippen LogP contribution in [0.1, 0.15) is 40.3 Å². The summed E-state index contributed by atoms with van der Waals surface area (Å²) in [6.07, 6.45) is 0. The van der Waals surface area contributed by atoms with Crippen LogP contribution in [0.15, 0.2) is 53.1 Å². The Labute approximate surface area is 162 Å². The molecule has 0 aliphatic carbocycles. The quantitative estimate of drug-likeness (QED) is 0.661. The fourth-order valence-corrected chi connectivity index (χ4v) is 2.71. The summed E-state index contributed by atoms with van der Waals surface area (Å²) >= 11 is 0. The molecule has 1 aromatic heterocycles. The largest absolute Gasteiger partial charge is 0.497 e. The Kier molecular flexibility index (Phi) is 5.93. The lowest BCUT2D eigenvalue weighted by atomic mass is 10.1. The van der Waals surface area contributed by atoms with Gasteiger partial charge < -0.3 is 19.3 Å². The van der Waals surface area contributed by atoms with Gasteiger partial charge in [0.05, 0.1) is 18.7 Å². The summed E-state index contributed by atoms with van der Waals surface area (Å²) in [6.45, 7) is 3.59. The molecule has 0 saturated heterocycles. The van der Waals surface area contributed by atoms with Crippen LogP contribution in [0.2, 0.25) is 0 Å². The average molecular weight is 384 g/mol. The highest BCUT2D eigenvalue weighted by molar-refractivity contribution is 5.94. The lowest BCUT2D eigenvalue weighted by molar-refractivity contribution is 0.0928. The molecule has 1 unspecified atom stereocenters. The van der Waals surface area contributed by atoms with Crippen LogP contribution < -0.4 is 14.8 Å². The van der Waals surface area contributed by atoms with Gasteiger partial charge in [0.25, 0.3) is 5.91 Å². The molecule has 0 fully saturated rings. The van der Waals surface area contributed by atoms with Crippen molar-refractivity contribution in [3.05, 3.63) is 76.9 Å². The summed E-state index contributed by atoms with van der Waals surface area (Å²) in [6, 6.07) is 13.0. The van der Waals surface area contributed by atoms with Gasteiger partial charge in [0, 0.05) is 6.07 Å². The lowest BCUT2D eigenvalue weighted by Gasteiger charge is -2.15. The number of rotatable bonds is 7. The fraction of sp³-hybridized carbons (Fsp3) is 0.238. The van der Waals surface area contributed by atoms with Crippen molar-refractivity contribution in [1.82, 2.24) is 10.5 Å². The van der Waals surface area contributed by atoms with Crippen molar-refractivity contribution in [2.75, 3.05) is 7.11 Å². The molecule has 0 aliphatic heterocycles. The van der Waals surface area contributed by atoms with Gasteiger partial charge in [0.2, 0.25) is 0 Å². The number of hydrogen-bond donors (Lipinski definition) is 1. The summed E-state index contributed by atoms with van der Waals surface area (Å²) < 4.78 is 29.3. The molecule has 2 aromatic carbocycles. The van der Waals surface area contributed by atoms with E-state index in [-0.39, 0.29) is 24.2 Å². The zero-order valence-corrected chi connectivity index (χ0v) is 15.9. The number of benzene rings is 2. The van der Waals surface area contributed by atoms with E-state index in [2.05, 4.69) is 10.5 Å². The maximum absolute atomic E-state index is 13.3. The highest BCUT2D eigenvalue weighted by atomic mass is 19.1. The van der Waals surface area contributed by atoms with Crippen molar-refractivity contribution in [2.24, 2.45) is 0 Å². The first-order valence-electron chi connectivity index (χ1n) is 8.76. The number of nitrogens with zero attached hydrogens (tertiary/aromatic N) is 1. The minimum atomic E-state index is -0.398. The van der Waals surface area contributed by atoms with Gasteiger partial charge in [0.1, 0.15) is 29.7 Å². The summed E-state index contributed by atoms with van der Waals surface area (Å²) in [5.74, 6) is 0.752. The number of ether oxygens (including phenoxy) is 2. The molecule has 0 spiro atoms. The normalized spacial score (nSPS) is 11.7. The Hall–Kier alpha value is -3.35. The predicted octanol–water partition coefficient (Wildman–Crippen LogP) is 4.20. The third kappa shape index (κ3) is 4.49. The number of nitrogens with one attached hydrogen (secondary N) is 1.